The van der Waals surface area contributed by atoms with Crippen LogP contribution < -0.4 is 5.73 Å². The zero-order valence-corrected chi connectivity index (χ0v) is 12.3. The van der Waals surface area contributed by atoms with Gasteiger partial charge in [0.2, 0.25) is 0 Å². The van der Waals surface area contributed by atoms with Gasteiger partial charge in [0.05, 0.1) is 16.6 Å². The van der Waals surface area contributed by atoms with E-state index >= 15 is 0 Å². The summed E-state index contributed by atoms with van der Waals surface area (Å²) in [5.41, 5.74) is 6.41. The van der Waals surface area contributed by atoms with Crippen LogP contribution in [-0.2, 0) is 11.2 Å². The molecule has 1 aromatic heterocycles. The van der Waals surface area contributed by atoms with Gasteiger partial charge in [-0.05, 0) is 33.6 Å². The minimum atomic E-state index is -0.455. The number of hydrogen-bond donors (Lipinski definition) is 1. The summed E-state index contributed by atoms with van der Waals surface area (Å²) in [5.74, 6) is 0. The van der Waals surface area contributed by atoms with Crippen molar-refractivity contribution in [2.45, 2.75) is 57.7 Å². The van der Waals surface area contributed by atoms with Crippen molar-refractivity contribution in [1.82, 2.24) is 9.88 Å². The summed E-state index contributed by atoms with van der Waals surface area (Å²) in [6, 6.07) is 0.326. The number of thiazole rings is 1. The average molecular weight is 281 g/mol. The molecule has 1 amide bonds. The van der Waals surface area contributed by atoms with Gasteiger partial charge in [0.25, 0.3) is 0 Å². The van der Waals surface area contributed by atoms with Crippen LogP contribution in [0.2, 0.25) is 0 Å². The number of hydrogen-bond acceptors (Lipinski definition) is 5. The van der Waals surface area contributed by atoms with Crippen LogP contribution in [0.1, 0.15) is 50.2 Å². The molecule has 2 N–H and O–H groups in total. The largest absolute Gasteiger partial charge is 0.444 e. The third-order valence-corrected chi connectivity index (χ3v) is 4.61. The second-order valence-corrected chi connectivity index (χ2v) is 7.26. The highest BCUT2D eigenvalue weighted by Gasteiger charge is 2.45. The van der Waals surface area contributed by atoms with Crippen molar-refractivity contribution in [3.63, 3.8) is 0 Å². The van der Waals surface area contributed by atoms with Crippen molar-refractivity contribution >= 4 is 22.6 Å². The molecule has 0 spiro atoms. The highest BCUT2D eigenvalue weighted by atomic mass is 32.1. The zero-order chi connectivity index (χ0) is 13.8. The Morgan fingerprint density at radius 2 is 2.21 bits per heavy atom. The number of anilines is 1. The molecule has 0 saturated carbocycles. The Kier molecular flexibility index (Phi) is 2.74. The molecule has 6 heteroatoms. The van der Waals surface area contributed by atoms with Gasteiger partial charge in [0.15, 0.2) is 5.13 Å². The maximum Gasteiger partial charge on any atom is 0.411 e. The smallest absolute Gasteiger partial charge is 0.411 e. The molecule has 1 saturated heterocycles. The Bertz CT molecular complexity index is 520. The van der Waals surface area contributed by atoms with Crippen molar-refractivity contribution < 1.29 is 9.53 Å². The van der Waals surface area contributed by atoms with Gasteiger partial charge in [-0.2, -0.15) is 0 Å². The number of ether oxygens (including phenoxy) is 1. The van der Waals surface area contributed by atoms with Gasteiger partial charge >= 0.3 is 6.09 Å². The lowest BCUT2D eigenvalue weighted by molar-refractivity contribution is 0.0127. The predicted molar refractivity (Wildman–Crippen MR) is 74.1 cm³/mol. The number of nitrogens with two attached hydrogens (primary N) is 1. The zero-order valence-electron chi connectivity index (χ0n) is 11.5. The Morgan fingerprint density at radius 3 is 2.89 bits per heavy atom. The number of amides is 1. The van der Waals surface area contributed by atoms with Gasteiger partial charge < -0.3 is 10.5 Å². The fraction of sp³-hybridized carbons (Fsp3) is 0.692. The van der Waals surface area contributed by atoms with Crippen molar-refractivity contribution in [3.05, 3.63) is 10.6 Å². The minimum absolute atomic E-state index is 0.110. The molecular formula is C13H19N3O2S. The molecule has 0 radical (unpaired) electrons. The molecule has 3 rings (SSSR count). The number of nitrogen functional groups attached to an aromatic ring is 1. The van der Waals surface area contributed by atoms with E-state index in [1.807, 2.05) is 25.7 Å². The van der Waals surface area contributed by atoms with E-state index in [0.29, 0.717) is 5.13 Å². The molecule has 19 heavy (non-hydrogen) atoms. The molecule has 1 fully saturated rings. The van der Waals surface area contributed by atoms with Gasteiger partial charge in [-0.3, -0.25) is 4.90 Å². The average Bonchev–Trinajstić information content (AvgIpc) is 2.77. The topological polar surface area (TPSA) is 68.5 Å². The molecule has 5 nitrogen and oxygen atoms in total. The summed E-state index contributed by atoms with van der Waals surface area (Å²) in [6.45, 7) is 5.69. The normalized spacial score (nSPS) is 25.3. The molecule has 2 atom stereocenters. The van der Waals surface area contributed by atoms with E-state index < -0.39 is 5.60 Å². The quantitative estimate of drug-likeness (QED) is 0.794. The molecule has 2 bridgehead atoms. The SMILES string of the molecule is CC(C)(C)OC(=O)N1C2CCC1c1sc(N)nc1C2. The second-order valence-electron chi connectivity index (χ2n) is 6.20. The van der Waals surface area contributed by atoms with Gasteiger partial charge in [-0.1, -0.05) is 11.3 Å². The predicted octanol–water partition coefficient (Wildman–Crippen LogP) is 2.72. The van der Waals surface area contributed by atoms with E-state index in [1.54, 1.807) is 0 Å². The van der Waals surface area contributed by atoms with Crippen molar-refractivity contribution in [2.75, 3.05) is 5.73 Å². The maximum atomic E-state index is 12.3. The summed E-state index contributed by atoms with van der Waals surface area (Å²) in [6.07, 6.45) is 2.60. The fourth-order valence-electron chi connectivity index (χ4n) is 2.94. The third kappa shape index (κ3) is 2.18. The summed E-state index contributed by atoms with van der Waals surface area (Å²) >= 11 is 1.51. The lowest BCUT2D eigenvalue weighted by Gasteiger charge is -2.35. The second kappa shape index (κ2) is 4.10. The van der Waals surface area contributed by atoms with Gasteiger partial charge in [-0.15, -0.1) is 0 Å². The van der Waals surface area contributed by atoms with Gasteiger partial charge in [0.1, 0.15) is 5.60 Å². The molecule has 0 aliphatic carbocycles. The Balaban J connectivity index is 1.87. The third-order valence-electron chi connectivity index (χ3n) is 3.58. The maximum absolute atomic E-state index is 12.3. The van der Waals surface area contributed by atoms with Crippen LogP contribution in [0.3, 0.4) is 0 Å². The van der Waals surface area contributed by atoms with Crippen molar-refractivity contribution in [3.8, 4) is 0 Å². The lowest BCUT2D eigenvalue weighted by atomic mass is 10.1. The van der Waals surface area contributed by atoms with Gasteiger partial charge in [0, 0.05) is 12.5 Å². The number of carbonyl (C=O) groups excluding carboxylic acids is 1. The summed E-state index contributed by atoms with van der Waals surface area (Å²) in [5, 5.41) is 0.599. The molecule has 2 aliphatic heterocycles. The first-order valence-corrected chi connectivity index (χ1v) is 7.43. The number of fused-ring (bicyclic) bond motifs is 4. The van der Waals surface area contributed by atoms with E-state index in [4.69, 9.17) is 10.5 Å². The Morgan fingerprint density at radius 1 is 1.47 bits per heavy atom. The number of rotatable bonds is 0. The first kappa shape index (κ1) is 12.7. The highest BCUT2D eigenvalue weighted by Crippen LogP contribution is 2.46. The van der Waals surface area contributed by atoms with E-state index in [9.17, 15) is 4.79 Å². The van der Waals surface area contributed by atoms with Crippen LogP contribution in [0.15, 0.2) is 0 Å². The molecule has 3 heterocycles. The molecular weight excluding hydrogens is 262 g/mol. The molecule has 2 aliphatic rings. The van der Waals surface area contributed by atoms with Crippen molar-refractivity contribution in [2.24, 2.45) is 0 Å². The van der Waals surface area contributed by atoms with Crippen LogP contribution >= 0.6 is 11.3 Å². The van der Waals surface area contributed by atoms with Crippen LogP contribution in [0.4, 0.5) is 9.93 Å². The molecule has 1 aromatic rings. The Labute approximate surface area is 116 Å². The standard InChI is InChI=1S/C13H19N3O2S/c1-13(2,3)18-12(17)16-7-4-5-9(16)10-8(6-7)15-11(14)19-10/h7,9H,4-6H2,1-3H3,(H2,14,15). The summed E-state index contributed by atoms with van der Waals surface area (Å²) < 4.78 is 5.52. The van der Waals surface area contributed by atoms with Crippen LogP contribution in [0, 0.1) is 0 Å². The summed E-state index contributed by atoms with van der Waals surface area (Å²) in [4.78, 5) is 19.8. The monoisotopic (exact) mass is 281 g/mol. The molecule has 2 unspecified atom stereocenters. The molecule has 104 valence electrons. The first-order chi connectivity index (χ1) is 8.85. The highest BCUT2D eigenvalue weighted by molar-refractivity contribution is 7.15. The van der Waals surface area contributed by atoms with Crippen molar-refractivity contribution in [1.29, 1.82) is 0 Å². The lowest BCUT2D eigenvalue weighted by Crippen LogP contribution is -2.44. The first-order valence-electron chi connectivity index (χ1n) is 6.61. The minimum Gasteiger partial charge on any atom is -0.444 e. The number of aromatic nitrogens is 1. The van der Waals surface area contributed by atoms with Crippen LogP contribution in [0.5, 0.6) is 0 Å². The van der Waals surface area contributed by atoms with E-state index in [-0.39, 0.29) is 18.2 Å². The van der Waals surface area contributed by atoms with Crippen LogP contribution in [-0.4, -0.2) is 27.6 Å². The summed E-state index contributed by atoms with van der Waals surface area (Å²) in [7, 11) is 0. The van der Waals surface area contributed by atoms with E-state index in [2.05, 4.69) is 4.98 Å². The Hall–Kier alpha value is -1.30. The molecule has 0 aromatic carbocycles. The fourth-order valence-corrected chi connectivity index (χ4v) is 3.94. The van der Waals surface area contributed by atoms with E-state index in [1.165, 1.54) is 11.3 Å². The van der Waals surface area contributed by atoms with E-state index in [0.717, 1.165) is 29.8 Å². The van der Waals surface area contributed by atoms with Gasteiger partial charge in [-0.25, -0.2) is 9.78 Å². The van der Waals surface area contributed by atoms with Crippen LogP contribution in [0.25, 0.3) is 0 Å². The number of nitrogens with zero attached hydrogens (tertiary/aromatic N) is 2. The number of carbonyl (C=O) groups is 1.